The van der Waals surface area contributed by atoms with Crippen LogP contribution in [0, 0.1) is 0 Å². The van der Waals surface area contributed by atoms with Crippen molar-refractivity contribution in [3.8, 4) is 0 Å². The van der Waals surface area contributed by atoms with E-state index in [0.29, 0.717) is 11.1 Å². The van der Waals surface area contributed by atoms with E-state index in [1.807, 2.05) is 48.5 Å². The lowest BCUT2D eigenvalue weighted by atomic mass is 9.95. The van der Waals surface area contributed by atoms with Gasteiger partial charge in [-0.3, -0.25) is 14.5 Å². The summed E-state index contributed by atoms with van der Waals surface area (Å²) in [4.78, 5) is 33.4. The Morgan fingerprint density at radius 2 is 1.15 bits per heavy atom. The summed E-state index contributed by atoms with van der Waals surface area (Å²) in [6, 6.07) is 15.5. The van der Waals surface area contributed by atoms with Crippen molar-refractivity contribution in [2.45, 2.75) is 0 Å². The molecule has 5 heteroatoms. The van der Waals surface area contributed by atoms with E-state index in [2.05, 4.69) is 9.97 Å². The highest BCUT2D eigenvalue weighted by molar-refractivity contribution is 6.50. The molecule has 0 spiro atoms. The van der Waals surface area contributed by atoms with Crippen molar-refractivity contribution in [2.75, 3.05) is 7.05 Å². The van der Waals surface area contributed by atoms with Gasteiger partial charge in [0.15, 0.2) is 0 Å². The van der Waals surface area contributed by atoms with Gasteiger partial charge >= 0.3 is 0 Å². The van der Waals surface area contributed by atoms with Crippen LogP contribution in [0.4, 0.5) is 0 Å². The average molecular weight is 345 g/mol. The van der Waals surface area contributed by atoms with Crippen LogP contribution in [0.3, 0.4) is 0 Å². The summed E-state index contributed by atoms with van der Waals surface area (Å²) in [5.41, 5.74) is 4.26. The van der Waals surface area contributed by atoms with Gasteiger partial charge in [-0.15, -0.1) is 0 Å². The molecular weight excluding hydrogens is 326 g/mol. The van der Waals surface area contributed by atoms with E-state index in [4.69, 9.17) is 0 Å². The maximum atomic E-state index is 12.9. The summed E-state index contributed by atoms with van der Waals surface area (Å²) in [7, 11) is 1.53. The van der Waals surface area contributed by atoms with Gasteiger partial charge in [-0.2, -0.15) is 0 Å². The van der Waals surface area contributed by atoms with Crippen molar-refractivity contribution in [3.63, 3.8) is 0 Å². The largest absolute Gasteiger partial charge is 0.361 e. The number of imide groups is 1. The highest BCUT2D eigenvalue weighted by atomic mass is 16.2. The number of aromatic amines is 2. The summed E-state index contributed by atoms with van der Waals surface area (Å²) < 4.78 is 0. The lowest BCUT2D eigenvalue weighted by molar-refractivity contribution is -0.134. The number of benzene rings is 2. The van der Waals surface area contributed by atoms with Gasteiger partial charge < -0.3 is 9.97 Å². The van der Waals surface area contributed by atoms with Gasteiger partial charge in [-0.1, -0.05) is 36.4 Å². The van der Waals surface area contributed by atoms with E-state index in [0.717, 1.165) is 32.9 Å². The van der Waals surface area contributed by atoms with Gasteiger partial charge in [0.25, 0.3) is 11.8 Å². The van der Waals surface area contributed by atoms with Crippen molar-refractivity contribution in [2.24, 2.45) is 0 Å². The first-order chi connectivity index (χ1) is 12.7. The predicted molar refractivity (Wildman–Crippen MR) is 105 cm³/mol. The van der Waals surface area contributed by atoms with Gasteiger partial charge in [0.2, 0.25) is 0 Å². The number of amides is 2. The number of carbonyl (C=O) groups is 2. The number of nitrogens with one attached hydrogen (secondary N) is 2. The second kappa shape index (κ2) is 5.20. The number of H-pyrrole nitrogens is 2. The summed E-state index contributed by atoms with van der Waals surface area (Å²) in [5.74, 6) is -0.555. The third kappa shape index (κ3) is 1.85. The minimum atomic E-state index is -0.278. The first kappa shape index (κ1) is 14.7. The molecule has 4 aromatic rings. The number of rotatable bonds is 2. The van der Waals surface area contributed by atoms with Crippen molar-refractivity contribution in [1.82, 2.24) is 14.9 Å². The molecule has 0 atom stereocenters. The first-order valence-electron chi connectivity index (χ1n) is 8.36. The Hall–Kier alpha value is -3.60. The molecule has 1 aliphatic rings. The zero-order valence-corrected chi connectivity index (χ0v) is 14.0. The summed E-state index contributed by atoms with van der Waals surface area (Å²) in [6.07, 6.45) is 3.61. The molecular formula is C21H19N3O2. The zero-order valence-electron chi connectivity index (χ0n) is 14.0. The van der Waals surface area contributed by atoms with Crippen molar-refractivity contribution >= 4 is 44.8 Å². The second-order valence-electron chi connectivity index (χ2n) is 6.42. The van der Waals surface area contributed by atoms with E-state index in [-0.39, 0.29) is 14.7 Å². The number of nitrogens with zero attached hydrogens (tertiary/aromatic N) is 1. The Morgan fingerprint density at radius 3 is 1.62 bits per heavy atom. The van der Waals surface area contributed by atoms with Crippen LogP contribution in [0.5, 0.6) is 0 Å². The normalized spacial score (nSPS) is 15.0. The third-order valence-electron chi connectivity index (χ3n) is 5.00. The summed E-state index contributed by atoms with van der Waals surface area (Å²) in [6.45, 7) is 0. The van der Waals surface area contributed by atoms with Crippen LogP contribution >= 0.6 is 0 Å². The molecule has 0 bridgehead atoms. The first-order valence-corrected chi connectivity index (χ1v) is 8.36. The molecule has 5 nitrogen and oxygen atoms in total. The monoisotopic (exact) mass is 345 g/mol. The number of fused-ring (bicyclic) bond motifs is 2. The molecule has 0 saturated heterocycles. The second-order valence-corrected chi connectivity index (χ2v) is 6.42. The van der Waals surface area contributed by atoms with Crippen LogP contribution in [-0.2, 0) is 9.59 Å². The summed E-state index contributed by atoms with van der Waals surface area (Å²) >= 11 is 0. The van der Waals surface area contributed by atoms with Crippen LogP contribution < -0.4 is 0 Å². The number of likely N-dealkylation sites (N-methyl/N-ethyl adjacent to an activating group) is 1. The Labute approximate surface area is 151 Å². The molecule has 0 radical (unpaired) electrons. The van der Waals surface area contributed by atoms with E-state index in [1.54, 1.807) is 12.4 Å². The molecule has 2 N–H and O–H groups in total. The maximum Gasteiger partial charge on any atom is 0.261 e. The molecule has 0 fully saturated rings. The van der Waals surface area contributed by atoms with E-state index in [9.17, 15) is 9.59 Å². The van der Waals surface area contributed by atoms with Gasteiger partial charge in [0.05, 0.1) is 11.1 Å². The van der Waals surface area contributed by atoms with Crippen molar-refractivity contribution in [3.05, 3.63) is 72.1 Å². The number of hydrogen-bond donors (Lipinski definition) is 2. The SMILES string of the molecule is CN1C(=O)C(c2c[nH]c3ccccc23)=C(c2c[nH]c3ccccc23)C1=O.[HH].[HH]. The smallest absolute Gasteiger partial charge is 0.261 e. The molecule has 130 valence electrons. The lowest BCUT2D eigenvalue weighted by Crippen LogP contribution is -2.26. The van der Waals surface area contributed by atoms with Crippen LogP contribution in [0.2, 0.25) is 0 Å². The van der Waals surface area contributed by atoms with Gasteiger partial charge in [-0.05, 0) is 12.1 Å². The molecule has 2 aromatic heterocycles. The number of hydrogen-bond acceptors (Lipinski definition) is 2. The number of para-hydroxylation sites is 2. The Bertz CT molecular complexity index is 1160. The highest BCUT2D eigenvalue weighted by Crippen LogP contribution is 2.39. The molecule has 1 aliphatic heterocycles. The Balaban J connectivity index is 0.00000112. The fraction of sp³-hybridized carbons (Fsp3) is 0.0476. The number of carbonyl (C=O) groups excluding carboxylic acids is 2. The fourth-order valence-corrected chi connectivity index (χ4v) is 3.70. The summed E-state index contributed by atoms with van der Waals surface area (Å²) in [5, 5.41) is 1.85. The molecule has 0 saturated carbocycles. The van der Waals surface area contributed by atoms with Crippen LogP contribution in [-0.4, -0.2) is 33.7 Å². The molecule has 2 amide bonds. The standard InChI is InChI=1S/C21H15N3O2.2H2/c1-24-20(25)18(14-10-22-16-8-4-2-6-12(14)16)19(21(24)26)15-11-23-17-9-5-3-7-13(15)17;;/h2-11,22-23H,1H3;2*1H. The van der Waals surface area contributed by atoms with Crippen LogP contribution in [0.15, 0.2) is 60.9 Å². The fourth-order valence-electron chi connectivity index (χ4n) is 3.70. The van der Waals surface area contributed by atoms with E-state index < -0.39 is 0 Å². The number of aromatic nitrogens is 2. The topological polar surface area (TPSA) is 69.0 Å². The predicted octanol–water partition coefficient (Wildman–Crippen LogP) is 4.05. The molecule has 26 heavy (non-hydrogen) atoms. The minimum absolute atomic E-state index is 0. The molecule has 3 heterocycles. The molecule has 0 aliphatic carbocycles. The maximum absolute atomic E-state index is 12.9. The Morgan fingerprint density at radius 1 is 0.731 bits per heavy atom. The quantitative estimate of drug-likeness (QED) is 0.538. The van der Waals surface area contributed by atoms with E-state index >= 15 is 0 Å². The third-order valence-corrected chi connectivity index (χ3v) is 5.00. The van der Waals surface area contributed by atoms with Gasteiger partial charge in [-0.25, -0.2) is 0 Å². The van der Waals surface area contributed by atoms with Crippen LogP contribution in [0.1, 0.15) is 14.0 Å². The van der Waals surface area contributed by atoms with E-state index in [1.165, 1.54) is 11.9 Å². The zero-order chi connectivity index (χ0) is 17.8. The van der Waals surface area contributed by atoms with Gasteiger partial charge in [0, 0.05) is 55.2 Å². The minimum Gasteiger partial charge on any atom is -0.361 e. The van der Waals surface area contributed by atoms with Crippen molar-refractivity contribution in [1.29, 1.82) is 0 Å². The lowest BCUT2D eigenvalue weighted by Gasteiger charge is -2.06. The molecule has 0 unspecified atom stereocenters. The van der Waals surface area contributed by atoms with Gasteiger partial charge in [0.1, 0.15) is 0 Å². The highest BCUT2D eigenvalue weighted by Gasteiger charge is 2.38. The molecule has 5 rings (SSSR count). The van der Waals surface area contributed by atoms with Crippen LogP contribution in [0.25, 0.3) is 33.0 Å². The van der Waals surface area contributed by atoms with Crippen molar-refractivity contribution < 1.29 is 12.4 Å². The Kier molecular flexibility index (Phi) is 2.94. The molecule has 2 aromatic carbocycles. The average Bonchev–Trinajstić information content (AvgIpc) is 3.33.